The van der Waals surface area contributed by atoms with Crippen LogP contribution in [0.25, 0.3) is 11.0 Å². The van der Waals surface area contributed by atoms with Crippen LogP contribution in [0.5, 0.6) is 5.88 Å². The second-order valence-corrected chi connectivity index (χ2v) is 14.4. The van der Waals surface area contributed by atoms with E-state index in [1.165, 1.54) is 18.2 Å². The Kier molecular flexibility index (Phi) is 8.21. The van der Waals surface area contributed by atoms with Gasteiger partial charge in [0, 0.05) is 31.3 Å². The first-order valence-corrected chi connectivity index (χ1v) is 17.3. The number of aromatic nitrogens is 2. The van der Waals surface area contributed by atoms with Crippen LogP contribution in [0, 0.1) is 16.0 Å². The van der Waals surface area contributed by atoms with Gasteiger partial charge in [0.05, 0.1) is 45.9 Å². The number of nitrogens with zero attached hydrogens (tertiary/aromatic N) is 3. The number of nitro benzene ring substituents is 1. The summed E-state index contributed by atoms with van der Waals surface area (Å²) in [5.74, 6) is -0.239. The number of aromatic amines is 1. The number of nitro groups is 1. The van der Waals surface area contributed by atoms with E-state index in [-0.39, 0.29) is 29.0 Å². The lowest BCUT2D eigenvalue weighted by Crippen LogP contribution is -2.47. The Bertz CT molecular complexity index is 1990. The summed E-state index contributed by atoms with van der Waals surface area (Å²) in [7, 11) is -2.80. The second kappa shape index (κ2) is 12.4. The highest BCUT2D eigenvalue weighted by Gasteiger charge is 2.43. The molecule has 3 aliphatic rings. The van der Waals surface area contributed by atoms with E-state index in [0.717, 1.165) is 37.1 Å². The number of anilines is 3. The molecule has 2 fully saturated rings. The first-order chi connectivity index (χ1) is 23.0. The van der Waals surface area contributed by atoms with Gasteiger partial charge in [0.1, 0.15) is 23.1 Å². The number of hydrogen-bond donors (Lipinski definition) is 3. The maximum atomic E-state index is 13.7. The van der Waals surface area contributed by atoms with Crippen molar-refractivity contribution in [2.45, 2.75) is 55.2 Å². The molecule has 4 heterocycles. The minimum atomic E-state index is -4.51. The zero-order valence-electron chi connectivity index (χ0n) is 26.5. The molecule has 3 N–H and O–H groups in total. The normalized spacial score (nSPS) is 23.6. The summed E-state index contributed by atoms with van der Waals surface area (Å²) in [5, 5.41) is 16.0. The molecule has 2 aliphatic heterocycles. The number of carbonyl (C=O) groups is 1. The molecular formula is C33H36N6O8S. The molecule has 1 aliphatic carbocycles. The number of para-hydroxylation sites is 1. The van der Waals surface area contributed by atoms with Crippen molar-refractivity contribution in [1.82, 2.24) is 14.7 Å². The monoisotopic (exact) mass is 676 g/mol. The summed E-state index contributed by atoms with van der Waals surface area (Å²) in [6, 6.07) is 13.7. The number of benzene rings is 2. The Hall–Kier alpha value is -4.73. The van der Waals surface area contributed by atoms with Gasteiger partial charge >= 0.3 is 0 Å². The lowest BCUT2D eigenvalue weighted by atomic mass is 9.80. The first-order valence-electron chi connectivity index (χ1n) is 15.8. The largest absolute Gasteiger partial charge is 0.468 e. The lowest BCUT2D eigenvalue weighted by Gasteiger charge is -2.39. The Balaban J connectivity index is 1.13. The number of hydrogen-bond acceptors (Lipinski definition) is 11. The maximum absolute atomic E-state index is 13.7. The van der Waals surface area contributed by atoms with Crippen LogP contribution >= 0.6 is 0 Å². The molecule has 1 amide bonds. The fourth-order valence-corrected chi connectivity index (χ4v) is 7.75. The molecule has 1 saturated heterocycles. The minimum absolute atomic E-state index is 0.0820. The number of nitrogens with one attached hydrogen (secondary N) is 3. The molecule has 48 heavy (non-hydrogen) atoms. The van der Waals surface area contributed by atoms with Gasteiger partial charge in [0.2, 0.25) is 5.88 Å². The van der Waals surface area contributed by atoms with E-state index in [0.29, 0.717) is 48.6 Å². The first kappa shape index (κ1) is 31.8. The molecule has 7 rings (SSSR count). The Labute approximate surface area is 277 Å². The van der Waals surface area contributed by atoms with E-state index in [2.05, 4.69) is 26.9 Å². The van der Waals surface area contributed by atoms with E-state index < -0.39 is 31.4 Å². The van der Waals surface area contributed by atoms with Crippen LogP contribution in [0.4, 0.5) is 22.7 Å². The highest BCUT2D eigenvalue weighted by molar-refractivity contribution is 7.90. The predicted molar refractivity (Wildman–Crippen MR) is 177 cm³/mol. The van der Waals surface area contributed by atoms with Gasteiger partial charge < -0.3 is 29.4 Å². The number of pyridine rings is 1. The molecule has 0 unspecified atom stereocenters. The fourth-order valence-electron chi connectivity index (χ4n) is 6.76. The van der Waals surface area contributed by atoms with Gasteiger partial charge in [0.25, 0.3) is 21.6 Å². The molecule has 0 spiro atoms. The summed E-state index contributed by atoms with van der Waals surface area (Å²) in [6.45, 7) is 3.23. The molecule has 0 radical (unpaired) electrons. The van der Waals surface area contributed by atoms with Crippen molar-refractivity contribution in [3.63, 3.8) is 0 Å². The molecular weight excluding hydrogens is 640 g/mol. The fraction of sp³-hybridized carbons (Fsp3) is 0.394. The van der Waals surface area contributed by atoms with Crippen molar-refractivity contribution >= 4 is 49.7 Å². The maximum Gasteiger partial charge on any atom is 0.293 e. The van der Waals surface area contributed by atoms with Gasteiger partial charge in [-0.05, 0) is 74.9 Å². The van der Waals surface area contributed by atoms with Crippen molar-refractivity contribution in [2.75, 3.05) is 37.1 Å². The average molecular weight is 677 g/mol. The van der Waals surface area contributed by atoms with Gasteiger partial charge in [-0.1, -0.05) is 12.1 Å². The van der Waals surface area contributed by atoms with E-state index >= 15 is 0 Å². The lowest BCUT2D eigenvalue weighted by molar-refractivity contribution is -0.384. The van der Waals surface area contributed by atoms with Crippen LogP contribution in [0.1, 0.15) is 43.0 Å². The number of fused-ring (bicyclic) bond motifs is 3. The van der Waals surface area contributed by atoms with Crippen molar-refractivity contribution < 1.29 is 32.3 Å². The van der Waals surface area contributed by atoms with Crippen LogP contribution in [-0.4, -0.2) is 73.8 Å². The Morgan fingerprint density at radius 3 is 2.71 bits per heavy atom. The van der Waals surface area contributed by atoms with Crippen LogP contribution < -0.4 is 19.7 Å². The van der Waals surface area contributed by atoms with Gasteiger partial charge in [-0.3, -0.25) is 14.9 Å². The van der Waals surface area contributed by atoms with Crippen molar-refractivity contribution in [2.24, 2.45) is 5.92 Å². The van der Waals surface area contributed by atoms with E-state index in [9.17, 15) is 23.3 Å². The molecule has 15 heteroatoms. The Morgan fingerprint density at radius 2 is 1.94 bits per heavy atom. The molecule has 4 aromatic rings. The Morgan fingerprint density at radius 1 is 1.15 bits per heavy atom. The summed E-state index contributed by atoms with van der Waals surface area (Å²) >= 11 is 0. The number of sulfonamides is 1. The number of amides is 1. The smallest absolute Gasteiger partial charge is 0.293 e. The summed E-state index contributed by atoms with van der Waals surface area (Å²) < 4.78 is 46.7. The van der Waals surface area contributed by atoms with Crippen LogP contribution in [0.15, 0.2) is 65.7 Å². The van der Waals surface area contributed by atoms with Crippen LogP contribution in [0.3, 0.4) is 0 Å². The molecule has 0 bridgehead atoms. The predicted octanol–water partition coefficient (Wildman–Crippen LogP) is 4.89. The number of H-pyrrole nitrogens is 1. The summed E-state index contributed by atoms with van der Waals surface area (Å²) in [4.78, 5) is 34.3. The van der Waals surface area contributed by atoms with Gasteiger partial charge in [-0.25, -0.2) is 13.1 Å². The van der Waals surface area contributed by atoms with Crippen molar-refractivity contribution in [3.8, 4) is 5.88 Å². The summed E-state index contributed by atoms with van der Waals surface area (Å²) in [6.07, 6.45) is 4.99. The molecule has 252 valence electrons. The molecule has 2 atom stereocenters. The second-order valence-electron chi connectivity index (χ2n) is 12.7. The zero-order chi connectivity index (χ0) is 33.6. The van der Waals surface area contributed by atoms with Gasteiger partial charge in [0.15, 0.2) is 0 Å². The topological polar surface area (TPSA) is 178 Å². The third-order valence-electron chi connectivity index (χ3n) is 9.68. The minimum Gasteiger partial charge on any atom is -0.468 e. The van der Waals surface area contributed by atoms with Crippen LogP contribution in [-0.2, 0) is 19.5 Å². The zero-order valence-corrected chi connectivity index (χ0v) is 27.3. The third kappa shape index (κ3) is 5.93. The SMILES string of the molecule is COC1(C)CCC(CNc2ccc(S(=O)(=O)NC(=O)c3ccccc3N3c4cc5cc[nH]c5nc4O[C@@H]4COC[C@H]43)cc2[N+](=O)[O-])CC1. The van der Waals surface area contributed by atoms with Gasteiger partial charge in [-0.15, -0.1) is 0 Å². The highest BCUT2D eigenvalue weighted by Crippen LogP contribution is 2.44. The standard InChI is InChI=1S/C33H36N6O8S/c1-33(45-2)12-9-20(10-13-33)17-35-24-8-7-22(16-26(24)39(41)42)48(43,44)37-31(40)23-5-3-4-6-25(23)38-27-15-21-11-14-34-30(21)36-32(27)47-29-19-46-18-28(29)38/h3-8,11,14-16,20,28-29,35H,9-10,12-13,17-19H2,1-2H3,(H,34,36)(H,37,40)/t20?,28-,29-,33?/m1/s1. The molecule has 2 aromatic heterocycles. The average Bonchev–Trinajstić information content (AvgIpc) is 3.75. The number of methoxy groups -OCH3 is 1. The van der Waals surface area contributed by atoms with E-state index in [4.69, 9.17) is 14.2 Å². The number of carbonyl (C=O) groups excluding carboxylic acids is 1. The number of ether oxygens (including phenoxy) is 3. The molecule has 2 aromatic carbocycles. The van der Waals surface area contributed by atoms with Gasteiger partial charge in [-0.2, -0.15) is 4.98 Å². The van der Waals surface area contributed by atoms with Crippen molar-refractivity contribution in [1.29, 1.82) is 0 Å². The van der Waals surface area contributed by atoms with Crippen molar-refractivity contribution in [3.05, 3.63) is 76.5 Å². The summed E-state index contributed by atoms with van der Waals surface area (Å²) in [5.41, 5.74) is 1.42. The van der Waals surface area contributed by atoms with E-state index in [1.807, 2.05) is 17.0 Å². The quantitative estimate of drug-likeness (QED) is 0.162. The third-order valence-corrected chi connectivity index (χ3v) is 11.0. The number of rotatable bonds is 9. The molecule has 1 saturated carbocycles. The van der Waals surface area contributed by atoms with E-state index in [1.54, 1.807) is 31.5 Å². The molecule has 14 nitrogen and oxygen atoms in total. The highest BCUT2D eigenvalue weighted by atomic mass is 32.2. The van der Waals surface area contributed by atoms with Crippen LogP contribution in [0.2, 0.25) is 0 Å².